The van der Waals surface area contributed by atoms with E-state index in [4.69, 9.17) is 0 Å². The summed E-state index contributed by atoms with van der Waals surface area (Å²) < 4.78 is 0. The van der Waals surface area contributed by atoms with Crippen molar-refractivity contribution in [1.29, 1.82) is 0 Å². The normalized spacial score (nSPS) is 20.1. The molecule has 0 spiro atoms. The number of nitrogens with zero attached hydrogens (tertiary/aromatic N) is 2. The van der Waals surface area contributed by atoms with Crippen molar-refractivity contribution >= 4 is 39.6 Å². The van der Waals surface area contributed by atoms with Crippen LogP contribution in [0, 0.1) is 11.8 Å². The van der Waals surface area contributed by atoms with Crippen molar-refractivity contribution in [1.82, 2.24) is 15.2 Å². The molecule has 8 heteroatoms. The van der Waals surface area contributed by atoms with Crippen molar-refractivity contribution in [2.24, 2.45) is 11.8 Å². The molecule has 2 amide bonds. The largest absolute Gasteiger partial charge is 0.351 e. The number of hydrogen-bond donors (Lipinski definition) is 2. The number of hydrogen-bond acceptors (Lipinski definition) is 6. The van der Waals surface area contributed by atoms with E-state index >= 15 is 0 Å². The molecular formula is C20H28N4O2S2. The van der Waals surface area contributed by atoms with Crippen molar-refractivity contribution in [2.75, 3.05) is 25.0 Å². The SMILES string of the molecule is CC1CC(C)CN(Cc2csc(NC(=O)CCCNC(=O)c3cccs3)n2)C1. The van der Waals surface area contributed by atoms with Crippen LogP contribution in [0.15, 0.2) is 22.9 Å². The molecule has 0 radical (unpaired) electrons. The fraction of sp³-hybridized carbons (Fsp3) is 0.550. The average Bonchev–Trinajstić information content (AvgIpc) is 3.30. The number of rotatable bonds is 8. The molecule has 1 fully saturated rings. The van der Waals surface area contributed by atoms with Crippen LogP contribution in [0.4, 0.5) is 5.13 Å². The second kappa shape index (κ2) is 10.1. The maximum Gasteiger partial charge on any atom is 0.261 e. The first kappa shape index (κ1) is 21.0. The minimum absolute atomic E-state index is 0.0634. The number of anilines is 1. The molecule has 2 atom stereocenters. The van der Waals surface area contributed by atoms with Crippen LogP contribution < -0.4 is 10.6 Å². The summed E-state index contributed by atoms with van der Waals surface area (Å²) in [4.78, 5) is 31.6. The molecule has 2 aromatic heterocycles. The number of piperidine rings is 1. The van der Waals surface area contributed by atoms with Crippen LogP contribution in [0.3, 0.4) is 0 Å². The summed E-state index contributed by atoms with van der Waals surface area (Å²) in [7, 11) is 0. The molecule has 0 bridgehead atoms. The molecular weight excluding hydrogens is 392 g/mol. The first-order valence-electron chi connectivity index (χ1n) is 9.78. The third-order valence-corrected chi connectivity index (χ3v) is 6.41. The van der Waals surface area contributed by atoms with Crippen LogP contribution in [0.2, 0.25) is 0 Å². The van der Waals surface area contributed by atoms with Gasteiger partial charge in [-0.2, -0.15) is 0 Å². The molecule has 1 aliphatic rings. The van der Waals surface area contributed by atoms with Gasteiger partial charge in [0.05, 0.1) is 10.6 Å². The van der Waals surface area contributed by atoms with E-state index in [1.807, 2.05) is 16.8 Å². The van der Waals surface area contributed by atoms with Crippen molar-refractivity contribution in [3.8, 4) is 0 Å². The molecule has 1 saturated heterocycles. The molecule has 3 rings (SSSR count). The van der Waals surface area contributed by atoms with E-state index in [9.17, 15) is 9.59 Å². The average molecular weight is 421 g/mol. The van der Waals surface area contributed by atoms with Crippen LogP contribution in [0.5, 0.6) is 0 Å². The Morgan fingerprint density at radius 2 is 2.04 bits per heavy atom. The van der Waals surface area contributed by atoms with Gasteiger partial charge in [-0.15, -0.1) is 22.7 Å². The van der Waals surface area contributed by atoms with Gasteiger partial charge in [-0.25, -0.2) is 4.98 Å². The van der Waals surface area contributed by atoms with Crippen molar-refractivity contribution in [3.63, 3.8) is 0 Å². The van der Waals surface area contributed by atoms with Crippen LogP contribution in [0.25, 0.3) is 0 Å². The first-order chi connectivity index (χ1) is 13.5. The Morgan fingerprint density at radius 1 is 1.25 bits per heavy atom. The number of aromatic nitrogens is 1. The van der Waals surface area contributed by atoms with Gasteiger partial charge in [-0.1, -0.05) is 19.9 Å². The molecule has 3 heterocycles. The number of amides is 2. The molecule has 2 N–H and O–H groups in total. The zero-order valence-corrected chi connectivity index (χ0v) is 18.1. The van der Waals surface area contributed by atoms with Gasteiger partial charge in [0, 0.05) is 38.0 Å². The van der Waals surface area contributed by atoms with Crippen molar-refractivity contribution < 1.29 is 9.59 Å². The Hall–Kier alpha value is -1.77. The maximum absolute atomic E-state index is 12.1. The topological polar surface area (TPSA) is 74.3 Å². The van der Waals surface area contributed by atoms with Gasteiger partial charge >= 0.3 is 0 Å². The highest BCUT2D eigenvalue weighted by Crippen LogP contribution is 2.24. The van der Waals surface area contributed by atoms with Gasteiger partial charge in [0.1, 0.15) is 0 Å². The molecule has 1 aliphatic heterocycles. The Labute approximate surface area is 174 Å². The van der Waals surface area contributed by atoms with E-state index < -0.39 is 0 Å². The summed E-state index contributed by atoms with van der Waals surface area (Å²) in [6.45, 7) is 8.16. The monoisotopic (exact) mass is 420 g/mol. The van der Waals surface area contributed by atoms with E-state index in [2.05, 4.69) is 34.4 Å². The third kappa shape index (κ3) is 6.39. The summed E-state index contributed by atoms with van der Waals surface area (Å²) >= 11 is 2.88. The lowest BCUT2D eigenvalue weighted by atomic mass is 9.92. The Bertz CT molecular complexity index is 765. The highest BCUT2D eigenvalue weighted by molar-refractivity contribution is 7.14. The lowest BCUT2D eigenvalue weighted by Crippen LogP contribution is -2.38. The van der Waals surface area contributed by atoms with Gasteiger partial charge in [0.25, 0.3) is 5.91 Å². The number of carbonyl (C=O) groups excluding carboxylic acids is 2. The second-order valence-electron chi connectivity index (χ2n) is 7.67. The highest BCUT2D eigenvalue weighted by Gasteiger charge is 2.22. The van der Waals surface area contributed by atoms with Gasteiger partial charge in [-0.05, 0) is 36.1 Å². The van der Waals surface area contributed by atoms with Crippen molar-refractivity contribution in [2.45, 2.75) is 39.7 Å². The first-order valence-corrected chi connectivity index (χ1v) is 11.5. The van der Waals surface area contributed by atoms with E-state index in [-0.39, 0.29) is 11.8 Å². The zero-order chi connectivity index (χ0) is 19.9. The van der Waals surface area contributed by atoms with Crippen LogP contribution in [-0.4, -0.2) is 41.3 Å². The molecule has 0 saturated carbocycles. The second-order valence-corrected chi connectivity index (χ2v) is 9.47. The Morgan fingerprint density at radius 3 is 2.75 bits per heavy atom. The number of thiazole rings is 1. The molecule has 6 nitrogen and oxygen atoms in total. The van der Waals surface area contributed by atoms with E-state index in [0.717, 1.165) is 37.2 Å². The molecule has 2 aromatic rings. The van der Waals surface area contributed by atoms with E-state index in [1.165, 1.54) is 29.1 Å². The minimum atomic E-state index is -0.0821. The quantitative estimate of drug-likeness (QED) is 0.637. The van der Waals surface area contributed by atoms with Crippen LogP contribution in [-0.2, 0) is 11.3 Å². The molecule has 0 aliphatic carbocycles. The predicted octanol–water partition coefficient (Wildman–Crippen LogP) is 3.83. The molecule has 0 aromatic carbocycles. The smallest absolute Gasteiger partial charge is 0.261 e. The highest BCUT2D eigenvalue weighted by atomic mass is 32.1. The van der Waals surface area contributed by atoms with Gasteiger partial charge in [0.15, 0.2) is 5.13 Å². The summed E-state index contributed by atoms with van der Waals surface area (Å²) in [5, 5.41) is 10.3. The van der Waals surface area contributed by atoms with Crippen molar-refractivity contribution in [3.05, 3.63) is 33.5 Å². The summed E-state index contributed by atoms with van der Waals surface area (Å²) in [6, 6.07) is 3.64. The van der Waals surface area contributed by atoms with Gasteiger partial charge in [0.2, 0.25) is 5.91 Å². The predicted molar refractivity (Wildman–Crippen MR) is 115 cm³/mol. The number of carbonyl (C=O) groups is 2. The van der Waals surface area contributed by atoms with E-state index in [0.29, 0.717) is 29.4 Å². The number of nitrogens with one attached hydrogen (secondary N) is 2. The third-order valence-electron chi connectivity index (χ3n) is 4.74. The lowest BCUT2D eigenvalue weighted by molar-refractivity contribution is -0.116. The number of likely N-dealkylation sites (tertiary alicyclic amines) is 1. The summed E-state index contributed by atoms with van der Waals surface area (Å²) in [6.07, 6.45) is 2.26. The minimum Gasteiger partial charge on any atom is -0.351 e. The fourth-order valence-corrected chi connectivity index (χ4v) is 5.07. The standard InChI is InChI=1S/C20H28N4O2S2/c1-14-9-15(2)11-24(10-14)12-16-13-28-20(22-16)23-18(25)6-3-7-21-19(26)17-5-4-8-27-17/h4-5,8,13-15H,3,6-7,9-12H2,1-2H3,(H,21,26)(H,22,23,25). The lowest BCUT2D eigenvalue weighted by Gasteiger charge is -2.34. The summed E-state index contributed by atoms with van der Waals surface area (Å²) in [5.74, 6) is 1.30. The molecule has 2 unspecified atom stereocenters. The maximum atomic E-state index is 12.1. The summed E-state index contributed by atoms with van der Waals surface area (Å²) in [5.41, 5.74) is 1.02. The van der Waals surface area contributed by atoms with Gasteiger partial charge in [-0.3, -0.25) is 14.5 Å². The number of thiophene rings is 1. The molecule has 152 valence electrons. The van der Waals surface area contributed by atoms with Crippen LogP contribution in [0.1, 0.15) is 48.5 Å². The van der Waals surface area contributed by atoms with E-state index in [1.54, 1.807) is 6.07 Å². The fourth-order valence-electron chi connectivity index (χ4n) is 3.71. The zero-order valence-electron chi connectivity index (χ0n) is 16.4. The van der Waals surface area contributed by atoms with Gasteiger partial charge < -0.3 is 10.6 Å². The Balaban J connectivity index is 1.36. The van der Waals surface area contributed by atoms with Crippen LogP contribution >= 0.6 is 22.7 Å². The Kier molecular flexibility index (Phi) is 7.58. The molecule has 28 heavy (non-hydrogen) atoms.